The number of ether oxygens (including phenoxy) is 4. The third-order valence-electron chi connectivity index (χ3n) is 10.9. The second kappa shape index (κ2) is 23.2. The van der Waals surface area contributed by atoms with E-state index in [2.05, 4.69) is 25.8 Å². The molecule has 2 aliphatic rings. The van der Waals surface area contributed by atoms with Crippen LogP contribution in [0.15, 0.2) is 66.7 Å². The van der Waals surface area contributed by atoms with Gasteiger partial charge in [0.2, 0.25) is 5.91 Å². The van der Waals surface area contributed by atoms with Crippen molar-refractivity contribution in [1.82, 2.24) is 25.3 Å². The maximum absolute atomic E-state index is 14.9. The third kappa shape index (κ3) is 15.8. The molecular formula is C48H66ClFN6O8. The van der Waals surface area contributed by atoms with E-state index >= 15 is 0 Å². The first-order valence-corrected chi connectivity index (χ1v) is 22.6. The van der Waals surface area contributed by atoms with E-state index in [4.69, 9.17) is 30.5 Å². The lowest BCUT2D eigenvalue weighted by molar-refractivity contribution is -0.157. The lowest BCUT2D eigenvalue weighted by Gasteiger charge is -2.40. The van der Waals surface area contributed by atoms with E-state index < -0.39 is 41.4 Å². The molecule has 0 unspecified atom stereocenters. The van der Waals surface area contributed by atoms with Crippen molar-refractivity contribution in [2.75, 3.05) is 64.3 Å². The zero-order chi connectivity index (χ0) is 46.4. The smallest absolute Gasteiger partial charge is 0.408 e. The molecule has 14 nitrogen and oxygen atoms in total. The topological polar surface area (TPSA) is 151 Å². The van der Waals surface area contributed by atoms with E-state index in [1.54, 1.807) is 64.6 Å². The predicted octanol–water partition coefficient (Wildman–Crippen LogP) is 7.42. The molecule has 2 saturated heterocycles. The Bertz CT molecular complexity index is 2010. The van der Waals surface area contributed by atoms with Crippen LogP contribution >= 0.6 is 11.6 Å². The van der Waals surface area contributed by atoms with Crippen molar-refractivity contribution in [2.24, 2.45) is 5.92 Å². The minimum atomic E-state index is -1.03. The number of hydrogen-bond acceptors (Lipinski definition) is 11. The molecule has 16 heteroatoms. The van der Waals surface area contributed by atoms with Crippen molar-refractivity contribution in [2.45, 2.75) is 104 Å². The van der Waals surface area contributed by atoms with Gasteiger partial charge in [-0.2, -0.15) is 0 Å². The Kier molecular flexibility index (Phi) is 18.1. The van der Waals surface area contributed by atoms with Crippen molar-refractivity contribution >= 4 is 41.4 Å². The number of alkyl carbamates (subject to hydrolysis) is 2. The first kappa shape index (κ1) is 49.9. The van der Waals surface area contributed by atoms with Crippen molar-refractivity contribution in [3.05, 3.63) is 94.3 Å². The van der Waals surface area contributed by atoms with E-state index in [0.717, 1.165) is 16.8 Å². The minimum Gasteiger partial charge on any atom is -0.493 e. The molecule has 350 valence electrons. The van der Waals surface area contributed by atoms with Crippen LogP contribution in [0.1, 0.15) is 78.0 Å². The summed E-state index contributed by atoms with van der Waals surface area (Å²) in [6.45, 7) is 17.3. The van der Waals surface area contributed by atoms with Crippen LogP contribution in [0.2, 0.25) is 5.02 Å². The average molecular weight is 910 g/mol. The SMILES string of the molecule is CCOc1cccc(F)c1CN1CCN(C(=O)[C@H](NC(=O)OCc2ccccc2)C2CCN(CCc3cc(Cl)ccc3NC[C@H](NC(=O)OC(C)(C)C)C(=O)OC(C)(C)C)CC2)CC1. The predicted molar refractivity (Wildman–Crippen MR) is 245 cm³/mol. The van der Waals surface area contributed by atoms with E-state index in [-0.39, 0.29) is 30.8 Å². The largest absolute Gasteiger partial charge is 0.493 e. The van der Waals surface area contributed by atoms with Gasteiger partial charge < -0.3 is 44.7 Å². The van der Waals surface area contributed by atoms with E-state index in [0.29, 0.717) is 94.6 Å². The molecule has 0 spiro atoms. The van der Waals surface area contributed by atoms with E-state index in [9.17, 15) is 23.6 Å². The van der Waals surface area contributed by atoms with Gasteiger partial charge in [-0.05, 0) is 128 Å². The van der Waals surface area contributed by atoms with Crippen LogP contribution in [0, 0.1) is 11.7 Å². The molecule has 64 heavy (non-hydrogen) atoms. The molecule has 2 atom stereocenters. The van der Waals surface area contributed by atoms with Gasteiger partial charge in [0, 0.05) is 62.1 Å². The summed E-state index contributed by atoms with van der Waals surface area (Å²) in [5, 5.41) is 9.49. The molecule has 2 aliphatic heterocycles. The molecule has 0 aromatic heterocycles. The monoisotopic (exact) mass is 908 g/mol. The number of nitrogens with zero attached hydrogens (tertiary/aromatic N) is 3. The molecular weight excluding hydrogens is 843 g/mol. The van der Waals surface area contributed by atoms with Crippen LogP contribution in [-0.4, -0.2) is 121 Å². The van der Waals surface area contributed by atoms with Gasteiger partial charge >= 0.3 is 18.2 Å². The summed E-state index contributed by atoms with van der Waals surface area (Å²) in [7, 11) is 0. The van der Waals surface area contributed by atoms with Crippen molar-refractivity contribution in [3.8, 4) is 5.75 Å². The van der Waals surface area contributed by atoms with Gasteiger partial charge in [0.15, 0.2) is 0 Å². The Morgan fingerprint density at radius 2 is 1.50 bits per heavy atom. The molecule has 3 N–H and O–H groups in total. The fraction of sp³-hybridized carbons (Fsp3) is 0.542. The molecule has 0 bridgehead atoms. The van der Waals surface area contributed by atoms with Crippen LogP contribution in [0.3, 0.4) is 0 Å². The molecule has 0 saturated carbocycles. The number of hydrogen-bond donors (Lipinski definition) is 3. The number of amides is 3. The number of nitrogens with one attached hydrogen (secondary N) is 3. The number of benzene rings is 3. The molecule has 2 fully saturated rings. The highest BCUT2D eigenvalue weighted by Gasteiger charge is 2.37. The van der Waals surface area contributed by atoms with Crippen LogP contribution in [0.5, 0.6) is 5.75 Å². The van der Waals surface area contributed by atoms with Gasteiger partial charge in [0.1, 0.15) is 41.5 Å². The number of rotatable bonds is 17. The first-order chi connectivity index (χ1) is 30.4. The molecule has 2 heterocycles. The van der Waals surface area contributed by atoms with Crippen molar-refractivity contribution < 1.29 is 42.5 Å². The lowest BCUT2D eigenvalue weighted by Crippen LogP contribution is -2.58. The van der Waals surface area contributed by atoms with Gasteiger partial charge in [0.05, 0.1) is 6.61 Å². The Balaban J connectivity index is 1.20. The van der Waals surface area contributed by atoms with Gasteiger partial charge in [-0.25, -0.2) is 18.8 Å². The van der Waals surface area contributed by atoms with E-state index in [1.165, 1.54) is 6.07 Å². The van der Waals surface area contributed by atoms with Gasteiger partial charge in [-0.3, -0.25) is 9.69 Å². The van der Waals surface area contributed by atoms with Gasteiger partial charge in [0.25, 0.3) is 0 Å². The maximum Gasteiger partial charge on any atom is 0.408 e. The Hall–Kier alpha value is -5.12. The lowest BCUT2D eigenvalue weighted by atomic mass is 9.88. The number of likely N-dealkylation sites (tertiary alicyclic amines) is 1. The molecule has 0 aliphatic carbocycles. The normalized spacial score (nSPS) is 16.3. The van der Waals surface area contributed by atoms with Crippen LogP contribution < -0.4 is 20.7 Å². The summed E-state index contributed by atoms with van der Waals surface area (Å²) >= 11 is 6.48. The first-order valence-electron chi connectivity index (χ1n) is 22.2. The second-order valence-electron chi connectivity index (χ2n) is 18.3. The average Bonchev–Trinajstić information content (AvgIpc) is 3.24. The number of halogens is 2. The fourth-order valence-electron chi connectivity index (χ4n) is 7.76. The highest BCUT2D eigenvalue weighted by molar-refractivity contribution is 6.30. The quantitative estimate of drug-likeness (QED) is 0.0918. The number of anilines is 1. The van der Waals surface area contributed by atoms with Gasteiger partial charge in [-0.15, -0.1) is 0 Å². The van der Waals surface area contributed by atoms with Crippen molar-refractivity contribution in [3.63, 3.8) is 0 Å². The number of carbonyl (C=O) groups excluding carboxylic acids is 4. The Labute approximate surface area is 382 Å². The zero-order valence-electron chi connectivity index (χ0n) is 38.3. The number of carbonyl (C=O) groups is 4. The molecule has 0 radical (unpaired) electrons. The van der Waals surface area contributed by atoms with Crippen molar-refractivity contribution in [1.29, 1.82) is 0 Å². The van der Waals surface area contributed by atoms with E-state index in [1.807, 2.05) is 49.4 Å². The fourth-order valence-corrected chi connectivity index (χ4v) is 7.96. The Morgan fingerprint density at radius 1 is 0.812 bits per heavy atom. The highest BCUT2D eigenvalue weighted by Crippen LogP contribution is 2.27. The third-order valence-corrected chi connectivity index (χ3v) is 11.2. The molecule has 5 rings (SSSR count). The molecule has 3 amide bonds. The minimum absolute atomic E-state index is 0.0415. The van der Waals surface area contributed by atoms with Crippen LogP contribution in [0.4, 0.5) is 19.7 Å². The Morgan fingerprint density at radius 3 is 2.16 bits per heavy atom. The number of piperazine rings is 1. The number of piperidine rings is 1. The molecule has 3 aromatic carbocycles. The van der Waals surface area contributed by atoms with Gasteiger partial charge in [-0.1, -0.05) is 48.0 Å². The highest BCUT2D eigenvalue weighted by atomic mass is 35.5. The molecule has 3 aromatic rings. The van der Waals surface area contributed by atoms with Crippen LogP contribution in [0.25, 0.3) is 0 Å². The summed E-state index contributed by atoms with van der Waals surface area (Å²) in [5.41, 5.74) is 1.49. The number of esters is 1. The standard InChI is InChI=1S/C48H66ClFN6O8/c1-8-61-41-16-12-15-38(50)37(41)31-55-25-27-56(28-26-55)43(57)42(53-45(59)62-32-33-13-10-9-11-14-33)34-19-22-54(23-20-34)24-21-35-29-36(49)17-18-39(35)51-30-40(44(58)63-47(2,3)4)52-46(60)64-48(5,6)7/h9-18,29,34,40,42,51H,8,19-28,30-32H2,1-7H3,(H,52,60)(H,53,59)/t40-,42+/m0/s1. The summed E-state index contributed by atoms with van der Waals surface area (Å²) in [4.78, 5) is 59.7. The maximum atomic E-state index is 14.9. The summed E-state index contributed by atoms with van der Waals surface area (Å²) < 4.78 is 37.2. The summed E-state index contributed by atoms with van der Waals surface area (Å²) in [6.07, 6.45) is 0.570. The zero-order valence-corrected chi connectivity index (χ0v) is 39.1. The van der Waals surface area contributed by atoms with Crippen LogP contribution in [-0.2, 0) is 43.4 Å². The second-order valence-corrected chi connectivity index (χ2v) is 18.7. The summed E-state index contributed by atoms with van der Waals surface area (Å²) in [5.74, 6) is -0.691. The summed E-state index contributed by atoms with van der Waals surface area (Å²) in [6, 6.07) is 17.9.